The van der Waals surface area contributed by atoms with Crippen molar-refractivity contribution in [3.05, 3.63) is 22.4 Å². The average molecular weight is 273 g/mol. The van der Waals surface area contributed by atoms with Crippen LogP contribution in [0.1, 0.15) is 11.8 Å². The van der Waals surface area contributed by atoms with Gasteiger partial charge in [-0.25, -0.2) is 4.79 Å². The zero-order valence-corrected chi connectivity index (χ0v) is 10.6. The highest BCUT2D eigenvalue weighted by Gasteiger charge is 2.51. The third-order valence-corrected chi connectivity index (χ3v) is 5.08. The monoisotopic (exact) mass is 273 g/mol. The molecule has 0 bridgehead atoms. The van der Waals surface area contributed by atoms with E-state index < -0.39 is 16.7 Å². The SMILES string of the molecule is CC1(c2cccs2)SC(=S)N(C(=O)O)C1=O. The van der Waals surface area contributed by atoms with E-state index in [4.69, 9.17) is 17.3 Å². The highest BCUT2D eigenvalue weighted by atomic mass is 32.2. The quantitative estimate of drug-likeness (QED) is 0.797. The highest BCUT2D eigenvalue weighted by Crippen LogP contribution is 2.46. The molecule has 84 valence electrons. The van der Waals surface area contributed by atoms with E-state index in [0.717, 1.165) is 16.6 Å². The van der Waals surface area contributed by atoms with Gasteiger partial charge < -0.3 is 5.11 Å². The molecule has 16 heavy (non-hydrogen) atoms. The van der Waals surface area contributed by atoms with Crippen LogP contribution in [0.25, 0.3) is 0 Å². The standard InChI is InChI=1S/C9H7NO3S3/c1-9(5-3-2-4-15-5)6(11)10(7(12)13)8(14)16-9/h2-4H,1H3,(H,12,13). The van der Waals surface area contributed by atoms with E-state index in [9.17, 15) is 9.59 Å². The van der Waals surface area contributed by atoms with Crippen LogP contribution in [0.15, 0.2) is 17.5 Å². The van der Waals surface area contributed by atoms with Gasteiger partial charge >= 0.3 is 6.09 Å². The molecule has 1 aromatic heterocycles. The summed E-state index contributed by atoms with van der Waals surface area (Å²) in [7, 11) is 0. The lowest BCUT2D eigenvalue weighted by Crippen LogP contribution is -2.38. The maximum Gasteiger partial charge on any atom is 0.419 e. The molecule has 7 heteroatoms. The Bertz CT molecular complexity index is 470. The second-order valence-electron chi connectivity index (χ2n) is 3.30. The molecule has 1 aliphatic heterocycles. The Hall–Kier alpha value is -0.920. The van der Waals surface area contributed by atoms with Crippen molar-refractivity contribution >= 4 is 51.6 Å². The topological polar surface area (TPSA) is 57.6 Å². The average Bonchev–Trinajstić information content (AvgIpc) is 2.75. The molecule has 2 amide bonds. The molecule has 0 saturated carbocycles. The fraction of sp³-hybridized carbons (Fsp3) is 0.222. The predicted molar refractivity (Wildman–Crippen MR) is 66.7 cm³/mol. The van der Waals surface area contributed by atoms with Gasteiger partial charge in [0.05, 0.1) is 0 Å². The van der Waals surface area contributed by atoms with Gasteiger partial charge in [0.25, 0.3) is 5.91 Å². The fourth-order valence-electron chi connectivity index (χ4n) is 1.43. The molecule has 1 aliphatic rings. The Morgan fingerprint density at radius 3 is 2.75 bits per heavy atom. The minimum atomic E-state index is -1.32. The zero-order valence-electron chi connectivity index (χ0n) is 8.17. The van der Waals surface area contributed by atoms with Crippen molar-refractivity contribution in [2.45, 2.75) is 11.7 Å². The number of thiocarbonyl (C=S) groups is 1. The van der Waals surface area contributed by atoms with Crippen LogP contribution in [0.3, 0.4) is 0 Å². The van der Waals surface area contributed by atoms with Gasteiger partial charge in [-0.15, -0.1) is 11.3 Å². The van der Waals surface area contributed by atoms with E-state index in [0.29, 0.717) is 4.90 Å². The van der Waals surface area contributed by atoms with E-state index in [1.807, 2.05) is 17.5 Å². The lowest BCUT2D eigenvalue weighted by atomic mass is 10.1. The Morgan fingerprint density at radius 1 is 1.62 bits per heavy atom. The lowest BCUT2D eigenvalue weighted by molar-refractivity contribution is -0.127. The third-order valence-electron chi connectivity index (χ3n) is 2.27. The molecule has 0 spiro atoms. The van der Waals surface area contributed by atoms with Gasteiger partial charge in [0.15, 0.2) is 4.32 Å². The van der Waals surface area contributed by atoms with Gasteiger partial charge in [-0.2, -0.15) is 4.90 Å². The van der Waals surface area contributed by atoms with Crippen LogP contribution in [-0.4, -0.2) is 26.3 Å². The van der Waals surface area contributed by atoms with E-state index >= 15 is 0 Å². The normalized spacial score (nSPS) is 25.2. The highest BCUT2D eigenvalue weighted by molar-refractivity contribution is 8.24. The molecule has 0 aromatic carbocycles. The second-order valence-corrected chi connectivity index (χ2v) is 6.30. The molecule has 1 unspecified atom stereocenters. The van der Waals surface area contributed by atoms with Crippen LogP contribution in [0.5, 0.6) is 0 Å². The number of carboxylic acid groups (broad SMARTS) is 1. The molecule has 1 N–H and O–H groups in total. The molecule has 4 nitrogen and oxygen atoms in total. The Balaban J connectivity index is 2.44. The summed E-state index contributed by atoms with van der Waals surface area (Å²) in [5.41, 5.74) is 0. The van der Waals surface area contributed by atoms with Crippen molar-refractivity contribution in [3.63, 3.8) is 0 Å². The molecule has 1 fully saturated rings. The number of nitrogens with zero attached hydrogens (tertiary/aromatic N) is 1. The number of hydrogen-bond donors (Lipinski definition) is 1. The van der Waals surface area contributed by atoms with E-state index in [1.54, 1.807) is 6.92 Å². The van der Waals surface area contributed by atoms with Crippen molar-refractivity contribution in [3.8, 4) is 0 Å². The Kier molecular flexibility index (Phi) is 2.77. The van der Waals surface area contributed by atoms with Crippen molar-refractivity contribution in [2.24, 2.45) is 0 Å². The number of carbonyl (C=O) groups is 2. The Morgan fingerprint density at radius 2 is 2.31 bits per heavy atom. The summed E-state index contributed by atoms with van der Waals surface area (Å²) in [6.45, 7) is 1.70. The maximum atomic E-state index is 12.0. The van der Waals surface area contributed by atoms with Crippen LogP contribution in [0.2, 0.25) is 0 Å². The van der Waals surface area contributed by atoms with Crippen LogP contribution < -0.4 is 0 Å². The maximum absolute atomic E-state index is 12.0. The molecule has 0 radical (unpaired) electrons. The molecular weight excluding hydrogens is 266 g/mol. The summed E-state index contributed by atoms with van der Waals surface area (Å²) in [5, 5.41) is 10.7. The van der Waals surface area contributed by atoms with Gasteiger partial charge in [0, 0.05) is 4.88 Å². The first-order chi connectivity index (χ1) is 7.47. The minimum Gasteiger partial charge on any atom is -0.464 e. The smallest absolute Gasteiger partial charge is 0.419 e. The van der Waals surface area contributed by atoms with Crippen molar-refractivity contribution < 1.29 is 14.7 Å². The largest absolute Gasteiger partial charge is 0.464 e. The van der Waals surface area contributed by atoms with Crippen molar-refractivity contribution in [1.29, 1.82) is 0 Å². The molecule has 0 aliphatic carbocycles. The summed E-state index contributed by atoms with van der Waals surface area (Å²) in [5.74, 6) is -0.488. The molecule has 2 rings (SSSR count). The number of thiophene rings is 1. The summed E-state index contributed by atoms with van der Waals surface area (Å²) in [4.78, 5) is 24.4. The summed E-state index contributed by atoms with van der Waals surface area (Å²) in [6, 6.07) is 3.63. The number of carbonyl (C=O) groups excluding carboxylic acids is 1. The fourth-order valence-corrected chi connectivity index (χ4v) is 4.08. The number of amides is 2. The number of thioether (sulfide) groups is 1. The molecule has 2 heterocycles. The predicted octanol–water partition coefficient (Wildman–Crippen LogP) is 2.50. The van der Waals surface area contributed by atoms with Gasteiger partial charge in [0.2, 0.25) is 0 Å². The second kappa shape index (κ2) is 3.83. The van der Waals surface area contributed by atoms with Crippen molar-refractivity contribution in [1.82, 2.24) is 4.90 Å². The Labute approximate surface area is 105 Å². The number of rotatable bonds is 1. The molecular formula is C9H7NO3S3. The summed E-state index contributed by atoms with van der Waals surface area (Å²) < 4.78 is -0.808. The van der Waals surface area contributed by atoms with E-state index in [2.05, 4.69) is 0 Å². The first-order valence-electron chi connectivity index (χ1n) is 4.31. The molecule has 1 saturated heterocycles. The van der Waals surface area contributed by atoms with Gasteiger partial charge in [-0.1, -0.05) is 30.0 Å². The van der Waals surface area contributed by atoms with Crippen LogP contribution in [-0.2, 0) is 9.54 Å². The molecule has 1 aromatic rings. The number of imide groups is 1. The zero-order chi connectivity index (χ0) is 11.9. The van der Waals surface area contributed by atoms with E-state index in [1.165, 1.54) is 11.3 Å². The van der Waals surface area contributed by atoms with Crippen LogP contribution >= 0.6 is 35.3 Å². The van der Waals surface area contributed by atoms with Gasteiger partial charge in [-0.3, -0.25) is 4.79 Å². The first-order valence-corrected chi connectivity index (χ1v) is 6.41. The van der Waals surface area contributed by atoms with Crippen LogP contribution in [0.4, 0.5) is 4.79 Å². The first kappa shape index (κ1) is 11.6. The van der Waals surface area contributed by atoms with Crippen LogP contribution in [0, 0.1) is 0 Å². The van der Waals surface area contributed by atoms with Crippen molar-refractivity contribution in [2.75, 3.05) is 0 Å². The van der Waals surface area contributed by atoms with Gasteiger partial charge in [-0.05, 0) is 18.4 Å². The number of hydrogen-bond acceptors (Lipinski definition) is 5. The lowest BCUT2D eigenvalue weighted by Gasteiger charge is -2.17. The minimum absolute atomic E-state index is 0.0911. The third kappa shape index (κ3) is 1.55. The molecule has 1 atom stereocenters. The van der Waals surface area contributed by atoms with Gasteiger partial charge in [0.1, 0.15) is 4.75 Å². The van der Waals surface area contributed by atoms with E-state index in [-0.39, 0.29) is 4.32 Å². The summed E-state index contributed by atoms with van der Waals surface area (Å²) >= 11 is 7.43. The summed E-state index contributed by atoms with van der Waals surface area (Å²) in [6.07, 6.45) is -1.32.